The van der Waals surface area contributed by atoms with Gasteiger partial charge >= 0.3 is 0 Å². The number of hydrogen-bond acceptors (Lipinski definition) is 4. The molecule has 88 valence electrons. The van der Waals surface area contributed by atoms with Crippen molar-refractivity contribution in [1.82, 2.24) is 25.0 Å². The third-order valence-corrected chi connectivity index (χ3v) is 2.40. The number of pyridine rings is 2. The van der Waals surface area contributed by atoms with Crippen LogP contribution in [0.25, 0.3) is 16.9 Å². The van der Waals surface area contributed by atoms with Gasteiger partial charge in [-0.15, -0.1) is 5.10 Å². The smallest absolute Gasteiger partial charge is 0.142 e. The predicted molar refractivity (Wildman–Crippen MR) is 62.3 cm³/mol. The minimum atomic E-state index is -0.400. The van der Waals surface area contributed by atoms with Crippen molar-refractivity contribution in [3.63, 3.8) is 0 Å². The first kappa shape index (κ1) is 10.5. The Kier molecular flexibility index (Phi) is 2.53. The quantitative estimate of drug-likeness (QED) is 0.687. The fourth-order valence-electron chi connectivity index (χ4n) is 1.56. The first-order chi connectivity index (χ1) is 8.83. The Balaban J connectivity index is 2.00. The van der Waals surface area contributed by atoms with Crippen LogP contribution in [0.1, 0.15) is 0 Å². The fourth-order valence-corrected chi connectivity index (χ4v) is 1.56. The lowest BCUT2D eigenvalue weighted by Gasteiger charge is -1.97. The lowest BCUT2D eigenvalue weighted by molar-refractivity contribution is 0.622. The summed E-state index contributed by atoms with van der Waals surface area (Å²) in [4.78, 5) is 7.77. The van der Waals surface area contributed by atoms with E-state index in [0.29, 0.717) is 11.3 Å². The molecule has 0 bridgehead atoms. The van der Waals surface area contributed by atoms with Gasteiger partial charge in [-0.2, -0.15) is 0 Å². The molecule has 0 saturated heterocycles. The maximum atomic E-state index is 13.1. The van der Waals surface area contributed by atoms with Crippen molar-refractivity contribution < 1.29 is 4.39 Å². The van der Waals surface area contributed by atoms with Crippen molar-refractivity contribution in [3.8, 4) is 16.9 Å². The molecule has 6 heteroatoms. The van der Waals surface area contributed by atoms with Crippen molar-refractivity contribution in [1.29, 1.82) is 0 Å². The topological polar surface area (TPSA) is 56.5 Å². The zero-order chi connectivity index (χ0) is 12.4. The van der Waals surface area contributed by atoms with E-state index in [9.17, 15) is 4.39 Å². The van der Waals surface area contributed by atoms with Crippen LogP contribution in [0.4, 0.5) is 4.39 Å². The van der Waals surface area contributed by atoms with Gasteiger partial charge in [-0.1, -0.05) is 5.21 Å². The molecule has 3 rings (SSSR count). The minimum absolute atomic E-state index is 0.400. The molecule has 0 atom stereocenters. The number of halogens is 1. The van der Waals surface area contributed by atoms with Crippen LogP contribution in [0.5, 0.6) is 0 Å². The molecule has 3 aromatic rings. The van der Waals surface area contributed by atoms with E-state index in [1.54, 1.807) is 35.5 Å². The molecule has 0 aliphatic rings. The lowest BCUT2D eigenvalue weighted by atomic mass is 10.2. The van der Waals surface area contributed by atoms with Gasteiger partial charge in [0, 0.05) is 18.0 Å². The molecule has 0 unspecified atom stereocenters. The SMILES string of the molecule is Fc1cncc(-c2cn(-c3cccnc3)nn2)c1. The molecule has 0 N–H and O–H groups in total. The third-order valence-electron chi connectivity index (χ3n) is 2.40. The van der Waals surface area contributed by atoms with Crippen LogP contribution in [-0.4, -0.2) is 25.0 Å². The van der Waals surface area contributed by atoms with Crippen LogP contribution in [0.15, 0.2) is 49.2 Å². The van der Waals surface area contributed by atoms with Gasteiger partial charge in [-0.25, -0.2) is 9.07 Å². The minimum Gasteiger partial charge on any atom is -0.262 e. The molecule has 0 aromatic carbocycles. The number of aromatic nitrogens is 5. The highest BCUT2D eigenvalue weighted by molar-refractivity contribution is 5.56. The van der Waals surface area contributed by atoms with Gasteiger partial charge in [-0.3, -0.25) is 9.97 Å². The standard InChI is InChI=1S/C12H8FN5/c13-10-4-9(5-15-6-10)12-8-18(17-16-12)11-2-1-3-14-7-11/h1-8H. The summed E-state index contributed by atoms with van der Waals surface area (Å²) in [7, 11) is 0. The molecule has 0 aliphatic carbocycles. The summed E-state index contributed by atoms with van der Waals surface area (Å²) in [5, 5.41) is 7.95. The Morgan fingerprint density at radius 1 is 1.11 bits per heavy atom. The second kappa shape index (κ2) is 4.33. The molecular weight excluding hydrogens is 233 g/mol. The van der Waals surface area contributed by atoms with E-state index in [1.807, 2.05) is 6.07 Å². The van der Waals surface area contributed by atoms with Crippen LogP contribution in [0.2, 0.25) is 0 Å². The van der Waals surface area contributed by atoms with Crippen molar-refractivity contribution in [2.45, 2.75) is 0 Å². The Labute approximate surface area is 102 Å². The molecule has 0 radical (unpaired) electrons. The zero-order valence-electron chi connectivity index (χ0n) is 9.23. The monoisotopic (exact) mass is 241 g/mol. The highest BCUT2D eigenvalue weighted by Gasteiger charge is 2.06. The molecule has 0 fully saturated rings. The van der Waals surface area contributed by atoms with Crippen molar-refractivity contribution >= 4 is 0 Å². The van der Waals surface area contributed by atoms with Gasteiger partial charge in [0.1, 0.15) is 11.5 Å². The van der Waals surface area contributed by atoms with E-state index in [4.69, 9.17) is 0 Å². The normalized spacial score (nSPS) is 10.5. The average molecular weight is 241 g/mol. The van der Waals surface area contributed by atoms with Crippen LogP contribution >= 0.6 is 0 Å². The summed E-state index contributed by atoms with van der Waals surface area (Å²) in [6.45, 7) is 0. The highest BCUT2D eigenvalue weighted by Crippen LogP contribution is 2.16. The molecular formula is C12H8FN5. The largest absolute Gasteiger partial charge is 0.262 e. The summed E-state index contributed by atoms with van der Waals surface area (Å²) in [6.07, 6.45) is 7.74. The van der Waals surface area contributed by atoms with E-state index >= 15 is 0 Å². The van der Waals surface area contributed by atoms with Crippen LogP contribution in [-0.2, 0) is 0 Å². The maximum absolute atomic E-state index is 13.1. The van der Waals surface area contributed by atoms with Gasteiger partial charge in [0.2, 0.25) is 0 Å². The van der Waals surface area contributed by atoms with Gasteiger partial charge in [0.25, 0.3) is 0 Å². The third kappa shape index (κ3) is 1.95. The first-order valence-corrected chi connectivity index (χ1v) is 5.26. The van der Waals surface area contributed by atoms with E-state index in [0.717, 1.165) is 11.9 Å². The zero-order valence-corrected chi connectivity index (χ0v) is 9.23. The number of rotatable bonds is 2. The summed E-state index contributed by atoms with van der Waals surface area (Å²) >= 11 is 0. The predicted octanol–water partition coefficient (Wildman–Crippen LogP) is 1.86. The van der Waals surface area contributed by atoms with E-state index < -0.39 is 5.82 Å². The van der Waals surface area contributed by atoms with Crippen molar-refractivity contribution in [3.05, 3.63) is 55.0 Å². The van der Waals surface area contributed by atoms with Gasteiger partial charge in [0.05, 0.1) is 24.3 Å². The molecule has 3 heterocycles. The Morgan fingerprint density at radius 3 is 2.83 bits per heavy atom. The average Bonchev–Trinajstić information content (AvgIpc) is 2.89. The van der Waals surface area contributed by atoms with E-state index in [2.05, 4.69) is 20.3 Å². The maximum Gasteiger partial charge on any atom is 0.142 e. The second-order valence-corrected chi connectivity index (χ2v) is 3.65. The molecule has 0 spiro atoms. The van der Waals surface area contributed by atoms with Crippen LogP contribution in [0.3, 0.4) is 0 Å². The van der Waals surface area contributed by atoms with Gasteiger partial charge < -0.3 is 0 Å². The molecule has 0 amide bonds. The Hall–Kier alpha value is -2.63. The summed E-state index contributed by atoms with van der Waals surface area (Å²) in [5.74, 6) is -0.400. The van der Waals surface area contributed by atoms with E-state index in [1.165, 1.54) is 6.07 Å². The summed E-state index contributed by atoms with van der Waals surface area (Å²) in [5.41, 5.74) is 1.94. The van der Waals surface area contributed by atoms with Crippen molar-refractivity contribution in [2.75, 3.05) is 0 Å². The Morgan fingerprint density at radius 2 is 2.06 bits per heavy atom. The summed E-state index contributed by atoms with van der Waals surface area (Å²) in [6, 6.07) is 5.03. The van der Waals surface area contributed by atoms with Crippen LogP contribution < -0.4 is 0 Å². The number of hydrogen-bond donors (Lipinski definition) is 0. The molecule has 0 saturated carbocycles. The first-order valence-electron chi connectivity index (χ1n) is 5.26. The van der Waals surface area contributed by atoms with Crippen molar-refractivity contribution in [2.24, 2.45) is 0 Å². The van der Waals surface area contributed by atoms with Gasteiger partial charge in [-0.05, 0) is 18.2 Å². The molecule has 5 nitrogen and oxygen atoms in total. The number of nitrogens with zero attached hydrogens (tertiary/aromatic N) is 5. The molecule has 0 aliphatic heterocycles. The van der Waals surface area contributed by atoms with Gasteiger partial charge in [0.15, 0.2) is 0 Å². The molecule has 18 heavy (non-hydrogen) atoms. The lowest BCUT2D eigenvalue weighted by Crippen LogP contribution is -1.94. The second-order valence-electron chi connectivity index (χ2n) is 3.65. The Bertz CT molecular complexity index is 665. The van der Waals surface area contributed by atoms with E-state index in [-0.39, 0.29) is 0 Å². The summed E-state index contributed by atoms with van der Waals surface area (Å²) < 4.78 is 14.6. The fraction of sp³-hybridized carbons (Fsp3) is 0. The van der Waals surface area contributed by atoms with Crippen LogP contribution in [0, 0.1) is 5.82 Å². The highest BCUT2D eigenvalue weighted by atomic mass is 19.1. The molecule has 3 aromatic heterocycles.